The van der Waals surface area contributed by atoms with Crippen molar-refractivity contribution in [2.24, 2.45) is 0 Å². The van der Waals surface area contributed by atoms with Crippen LogP contribution in [0.3, 0.4) is 0 Å². The van der Waals surface area contributed by atoms with E-state index in [9.17, 15) is 18.4 Å². The van der Waals surface area contributed by atoms with Gasteiger partial charge >= 0.3 is 6.03 Å². The number of nitrogens with one attached hydrogen (secondary N) is 3. The maximum Gasteiger partial charge on any atom is 0.319 e. The summed E-state index contributed by atoms with van der Waals surface area (Å²) in [5.74, 6) is -3.19. The number of halogens is 2. The van der Waals surface area contributed by atoms with Crippen molar-refractivity contribution in [3.8, 4) is 11.8 Å². The summed E-state index contributed by atoms with van der Waals surface area (Å²) in [6, 6.07) is 8.20. The minimum atomic E-state index is -1.16. The first-order valence-electron chi connectivity index (χ1n) is 8.31. The number of hydrogen-bond acceptors (Lipinski definition) is 4. The van der Waals surface area contributed by atoms with E-state index in [1.54, 1.807) is 0 Å². The third-order valence-electron chi connectivity index (χ3n) is 4.40. The Hall–Kier alpha value is -3.67. The summed E-state index contributed by atoms with van der Waals surface area (Å²) in [5.41, 5.74) is 0.516. The number of carbonyl (C=O) groups is 2. The summed E-state index contributed by atoms with van der Waals surface area (Å²) in [6.45, 7) is -0.0270. The van der Waals surface area contributed by atoms with Gasteiger partial charge in [-0.1, -0.05) is 0 Å². The van der Waals surface area contributed by atoms with Crippen LogP contribution in [0.4, 0.5) is 19.3 Å². The molecule has 0 unspecified atom stereocenters. The maximum atomic E-state index is 14.4. The molecule has 2 aromatic rings. The van der Waals surface area contributed by atoms with E-state index in [-0.39, 0.29) is 17.9 Å². The highest BCUT2D eigenvalue weighted by Crippen LogP contribution is 2.31. The Morgan fingerprint density at radius 3 is 2.46 bits per heavy atom. The van der Waals surface area contributed by atoms with Gasteiger partial charge in [-0.05, 0) is 24.3 Å². The van der Waals surface area contributed by atoms with Crippen molar-refractivity contribution in [2.75, 3.05) is 19.0 Å². The summed E-state index contributed by atoms with van der Waals surface area (Å²) in [6.07, 6.45) is 0. The minimum absolute atomic E-state index is 0.0131. The molecule has 3 amide bonds. The quantitative estimate of drug-likeness (QED) is 0.750. The molecule has 0 bridgehead atoms. The van der Waals surface area contributed by atoms with Gasteiger partial charge in [0, 0.05) is 35.8 Å². The van der Waals surface area contributed by atoms with Crippen molar-refractivity contribution in [3.05, 3.63) is 59.2 Å². The predicted octanol–water partition coefficient (Wildman–Crippen LogP) is 2.25. The number of methoxy groups -OCH3 is 1. The molecule has 2 atom stereocenters. The molecule has 7 nitrogen and oxygen atoms in total. The lowest BCUT2D eigenvalue weighted by atomic mass is 9.93. The van der Waals surface area contributed by atoms with Gasteiger partial charge in [-0.15, -0.1) is 0 Å². The van der Waals surface area contributed by atoms with Crippen LogP contribution in [0, 0.1) is 23.0 Å². The topological polar surface area (TPSA) is 103 Å². The molecule has 1 aliphatic rings. The molecule has 1 heterocycles. The second-order valence-corrected chi connectivity index (χ2v) is 6.12. The van der Waals surface area contributed by atoms with Crippen LogP contribution in [0.2, 0.25) is 0 Å². The van der Waals surface area contributed by atoms with Gasteiger partial charge in [0.05, 0.1) is 18.7 Å². The number of amides is 3. The fourth-order valence-electron chi connectivity index (χ4n) is 3.03. The molecule has 0 spiro atoms. The summed E-state index contributed by atoms with van der Waals surface area (Å²) >= 11 is 0. The van der Waals surface area contributed by atoms with Gasteiger partial charge < -0.3 is 20.7 Å². The van der Waals surface area contributed by atoms with Gasteiger partial charge in [0.15, 0.2) is 0 Å². The molecule has 9 heteroatoms. The predicted molar refractivity (Wildman–Crippen MR) is 95.8 cm³/mol. The zero-order chi connectivity index (χ0) is 20.3. The number of anilines is 1. The highest BCUT2D eigenvalue weighted by atomic mass is 19.1. The lowest BCUT2D eigenvalue weighted by Gasteiger charge is -2.20. The number of nitriles is 1. The van der Waals surface area contributed by atoms with Crippen molar-refractivity contribution in [1.29, 1.82) is 5.26 Å². The molecule has 3 N–H and O–H groups in total. The van der Waals surface area contributed by atoms with Crippen LogP contribution in [-0.2, 0) is 4.79 Å². The monoisotopic (exact) mass is 386 g/mol. The fraction of sp³-hybridized carbons (Fsp3) is 0.211. The first-order valence-corrected chi connectivity index (χ1v) is 8.31. The number of benzene rings is 2. The summed E-state index contributed by atoms with van der Waals surface area (Å²) in [4.78, 5) is 24.4. The van der Waals surface area contributed by atoms with Crippen LogP contribution < -0.4 is 20.7 Å². The van der Waals surface area contributed by atoms with Gasteiger partial charge in [-0.3, -0.25) is 4.79 Å². The molecule has 0 radical (unpaired) electrons. The Balaban J connectivity index is 1.77. The zero-order valence-corrected chi connectivity index (χ0v) is 14.8. The van der Waals surface area contributed by atoms with E-state index in [1.165, 1.54) is 31.4 Å². The van der Waals surface area contributed by atoms with Crippen molar-refractivity contribution in [2.45, 2.75) is 12.0 Å². The molecule has 1 saturated heterocycles. The highest BCUT2D eigenvalue weighted by Gasteiger charge is 2.40. The molecule has 1 aliphatic heterocycles. The summed E-state index contributed by atoms with van der Waals surface area (Å²) < 4.78 is 33.6. The van der Waals surface area contributed by atoms with E-state index in [4.69, 9.17) is 10.00 Å². The smallest absolute Gasteiger partial charge is 0.319 e. The molecule has 0 aromatic heterocycles. The van der Waals surface area contributed by atoms with Gasteiger partial charge in [0.25, 0.3) is 0 Å². The Labute approximate surface area is 159 Å². The molecule has 144 valence electrons. The molecule has 0 aliphatic carbocycles. The molecule has 2 aromatic carbocycles. The van der Waals surface area contributed by atoms with E-state index in [0.29, 0.717) is 11.3 Å². The third-order valence-corrected chi connectivity index (χ3v) is 4.40. The van der Waals surface area contributed by atoms with Crippen LogP contribution in [0.1, 0.15) is 17.0 Å². The zero-order valence-electron chi connectivity index (χ0n) is 14.8. The number of nitrogens with zero attached hydrogens (tertiary/aromatic N) is 1. The number of hydrogen-bond donors (Lipinski definition) is 3. The van der Waals surface area contributed by atoms with Gasteiger partial charge in [-0.25, -0.2) is 13.6 Å². The Kier molecular flexibility index (Phi) is 5.40. The standard InChI is InChI=1S/C19H16F2N4O3/c1-28-12-6-14(20)16(15(21)7-12)13-9-23-18(26)17(13)25-19(27)24-11-4-2-10(8-22)3-5-11/h2-7,13,17H,9H2,1H3,(H,23,26)(H2,24,25,27)/t13-,17-/m0/s1. The van der Waals surface area contributed by atoms with E-state index in [1.807, 2.05) is 6.07 Å². The molecule has 0 saturated carbocycles. The first-order chi connectivity index (χ1) is 13.4. The second-order valence-electron chi connectivity index (χ2n) is 6.12. The van der Waals surface area contributed by atoms with E-state index in [0.717, 1.165) is 12.1 Å². The summed E-state index contributed by atoms with van der Waals surface area (Å²) in [5, 5.41) is 16.2. The van der Waals surface area contributed by atoms with Crippen molar-refractivity contribution < 1.29 is 23.1 Å². The number of urea groups is 1. The Morgan fingerprint density at radius 2 is 1.89 bits per heavy atom. The van der Waals surface area contributed by atoms with Crippen LogP contribution in [0.5, 0.6) is 5.75 Å². The Bertz CT molecular complexity index is 934. The van der Waals surface area contributed by atoms with Crippen molar-refractivity contribution in [3.63, 3.8) is 0 Å². The molecule has 3 rings (SSSR count). The fourth-order valence-corrected chi connectivity index (χ4v) is 3.03. The Morgan fingerprint density at radius 1 is 1.25 bits per heavy atom. The molecular formula is C19H16F2N4O3. The average molecular weight is 386 g/mol. The van der Waals surface area contributed by atoms with Crippen molar-refractivity contribution >= 4 is 17.6 Å². The van der Waals surface area contributed by atoms with Gasteiger partial charge in [0.2, 0.25) is 5.91 Å². The number of carbonyl (C=O) groups excluding carboxylic acids is 2. The van der Waals surface area contributed by atoms with Crippen molar-refractivity contribution in [1.82, 2.24) is 10.6 Å². The summed E-state index contributed by atoms with van der Waals surface area (Å²) in [7, 11) is 1.28. The van der Waals surface area contributed by atoms with Crippen LogP contribution in [-0.4, -0.2) is 31.6 Å². The normalized spacial score (nSPS) is 18.1. The molecule has 1 fully saturated rings. The highest BCUT2D eigenvalue weighted by molar-refractivity contribution is 5.95. The number of rotatable bonds is 4. The van der Waals surface area contributed by atoms with Gasteiger partial charge in [0.1, 0.15) is 23.4 Å². The van der Waals surface area contributed by atoms with Crippen LogP contribution in [0.25, 0.3) is 0 Å². The molecule has 28 heavy (non-hydrogen) atoms. The number of ether oxygens (including phenoxy) is 1. The lowest BCUT2D eigenvalue weighted by Crippen LogP contribution is -2.45. The maximum absolute atomic E-state index is 14.4. The first kappa shape index (κ1) is 19.1. The minimum Gasteiger partial charge on any atom is -0.497 e. The lowest BCUT2D eigenvalue weighted by molar-refractivity contribution is -0.120. The second kappa shape index (κ2) is 7.92. The average Bonchev–Trinajstić information content (AvgIpc) is 3.02. The SMILES string of the molecule is COc1cc(F)c([C@@H]2CNC(=O)[C@H]2NC(=O)Nc2ccc(C#N)cc2)c(F)c1. The van der Waals surface area contributed by atoms with E-state index in [2.05, 4.69) is 16.0 Å². The van der Waals surface area contributed by atoms with Gasteiger partial charge in [-0.2, -0.15) is 5.26 Å². The van der Waals surface area contributed by atoms with E-state index >= 15 is 0 Å². The van der Waals surface area contributed by atoms with Crippen LogP contribution in [0.15, 0.2) is 36.4 Å². The van der Waals surface area contributed by atoms with Crippen LogP contribution >= 0.6 is 0 Å². The third kappa shape index (κ3) is 3.86. The molecular weight excluding hydrogens is 370 g/mol. The largest absolute Gasteiger partial charge is 0.497 e. The van der Waals surface area contributed by atoms with E-state index < -0.39 is 35.5 Å².